The summed E-state index contributed by atoms with van der Waals surface area (Å²) >= 11 is 5.91. The van der Waals surface area contributed by atoms with Crippen molar-refractivity contribution < 1.29 is 13.2 Å². The lowest BCUT2D eigenvalue weighted by Gasteiger charge is -2.18. The van der Waals surface area contributed by atoms with E-state index in [0.29, 0.717) is 22.7 Å². The third kappa shape index (κ3) is 4.62. The number of nitrogens with two attached hydrogens (primary N) is 1. The third-order valence-electron chi connectivity index (χ3n) is 3.84. The fourth-order valence-corrected chi connectivity index (χ4v) is 2.91. The Labute approximate surface area is 144 Å². The van der Waals surface area contributed by atoms with Crippen molar-refractivity contribution in [3.63, 3.8) is 0 Å². The summed E-state index contributed by atoms with van der Waals surface area (Å²) in [4.78, 5) is 0. The normalized spacial score (nSPS) is 13.5. The van der Waals surface area contributed by atoms with Gasteiger partial charge in [0, 0.05) is 11.6 Å². The Balaban J connectivity index is 2.38. The molecular weight excluding hydrogens is 335 g/mol. The van der Waals surface area contributed by atoms with Crippen LogP contribution in [0.1, 0.15) is 33.7 Å². The molecule has 0 bridgehead atoms. The summed E-state index contributed by atoms with van der Waals surface area (Å²) in [6.45, 7) is 4.02. The highest BCUT2D eigenvalue weighted by molar-refractivity contribution is 6.30. The minimum absolute atomic E-state index is 0.138. The summed E-state index contributed by atoms with van der Waals surface area (Å²) in [5.74, 6) is -1.70. The fraction of sp³-hybridized carbons (Fsp3) is 0.263. The number of halogens is 4. The van der Waals surface area contributed by atoms with Crippen molar-refractivity contribution in [2.45, 2.75) is 32.5 Å². The predicted octanol–water partition coefficient (Wildman–Crippen LogP) is 5.77. The van der Waals surface area contributed by atoms with E-state index in [-0.39, 0.29) is 5.56 Å². The van der Waals surface area contributed by atoms with Gasteiger partial charge in [-0.15, -0.1) is 0 Å². The molecule has 2 N–H and O–H groups in total. The Morgan fingerprint density at radius 2 is 1.83 bits per heavy atom. The molecule has 1 unspecified atom stereocenters. The first-order valence-electron chi connectivity index (χ1n) is 7.52. The SMILES string of the molecule is Cc1cc(Cl)cc(C(/C=C/c2ccc(CN)c(C)c2)C(F)(F)F)c1. The van der Waals surface area contributed by atoms with Crippen LogP contribution in [-0.2, 0) is 6.54 Å². The Hall–Kier alpha value is -1.78. The van der Waals surface area contributed by atoms with Crippen LogP contribution in [-0.4, -0.2) is 6.18 Å². The lowest BCUT2D eigenvalue weighted by Crippen LogP contribution is -2.19. The van der Waals surface area contributed by atoms with E-state index in [4.69, 9.17) is 17.3 Å². The molecule has 0 aliphatic rings. The first-order chi connectivity index (χ1) is 11.2. The molecule has 2 aromatic rings. The molecule has 0 radical (unpaired) electrons. The van der Waals surface area contributed by atoms with E-state index < -0.39 is 12.1 Å². The van der Waals surface area contributed by atoms with E-state index in [1.807, 2.05) is 19.1 Å². The van der Waals surface area contributed by atoms with E-state index >= 15 is 0 Å². The highest BCUT2D eigenvalue weighted by Gasteiger charge is 2.39. The lowest BCUT2D eigenvalue weighted by molar-refractivity contribution is -0.139. The van der Waals surface area contributed by atoms with Crippen molar-refractivity contribution in [2.24, 2.45) is 5.73 Å². The summed E-state index contributed by atoms with van der Waals surface area (Å²) in [5, 5.41) is 0.302. The second-order valence-electron chi connectivity index (χ2n) is 5.83. The zero-order chi connectivity index (χ0) is 17.9. The molecule has 5 heteroatoms. The van der Waals surface area contributed by atoms with Crippen LogP contribution in [0.4, 0.5) is 13.2 Å². The van der Waals surface area contributed by atoms with Crippen molar-refractivity contribution in [3.05, 3.63) is 75.3 Å². The highest BCUT2D eigenvalue weighted by Crippen LogP contribution is 2.37. The standard InChI is InChI=1S/C19H19ClF3N/c1-12-7-16(10-17(20)8-12)18(19(21,22)23)6-4-14-3-5-15(11-24)13(2)9-14/h3-10,18H,11,24H2,1-2H3/b6-4+. The van der Waals surface area contributed by atoms with Gasteiger partial charge in [-0.25, -0.2) is 0 Å². The van der Waals surface area contributed by atoms with Crippen LogP contribution in [0.25, 0.3) is 6.08 Å². The van der Waals surface area contributed by atoms with Gasteiger partial charge in [0.25, 0.3) is 0 Å². The zero-order valence-corrected chi connectivity index (χ0v) is 14.2. The average Bonchev–Trinajstić information content (AvgIpc) is 2.45. The minimum Gasteiger partial charge on any atom is -0.326 e. The Morgan fingerprint density at radius 1 is 1.12 bits per heavy atom. The first kappa shape index (κ1) is 18.6. The van der Waals surface area contributed by atoms with Crippen LogP contribution in [0.3, 0.4) is 0 Å². The van der Waals surface area contributed by atoms with Crippen molar-refractivity contribution in [1.29, 1.82) is 0 Å². The molecule has 0 aromatic heterocycles. The fourth-order valence-electron chi connectivity index (χ4n) is 2.61. The second kappa shape index (κ2) is 7.41. The van der Waals surface area contributed by atoms with Gasteiger partial charge in [0.05, 0.1) is 5.92 Å². The summed E-state index contributed by atoms with van der Waals surface area (Å²) in [5.41, 5.74) is 9.08. The molecule has 1 nitrogen and oxygen atoms in total. The maximum absolute atomic E-state index is 13.5. The average molecular weight is 354 g/mol. The van der Waals surface area contributed by atoms with Gasteiger partial charge in [0.1, 0.15) is 0 Å². The van der Waals surface area contributed by atoms with Gasteiger partial charge in [-0.1, -0.05) is 48.0 Å². The first-order valence-corrected chi connectivity index (χ1v) is 7.90. The second-order valence-corrected chi connectivity index (χ2v) is 6.27. The molecule has 24 heavy (non-hydrogen) atoms. The van der Waals surface area contributed by atoms with Gasteiger partial charge < -0.3 is 5.73 Å². The molecule has 1 atom stereocenters. The number of benzene rings is 2. The topological polar surface area (TPSA) is 26.0 Å². The summed E-state index contributed by atoms with van der Waals surface area (Å²) < 4.78 is 40.4. The van der Waals surface area contributed by atoms with E-state index in [1.165, 1.54) is 24.3 Å². The maximum atomic E-state index is 13.5. The van der Waals surface area contributed by atoms with E-state index in [1.54, 1.807) is 19.1 Å². The number of hydrogen-bond donors (Lipinski definition) is 1. The van der Waals surface area contributed by atoms with Gasteiger partial charge in [-0.2, -0.15) is 13.2 Å². The van der Waals surface area contributed by atoms with E-state index in [9.17, 15) is 13.2 Å². The minimum atomic E-state index is -4.39. The van der Waals surface area contributed by atoms with E-state index in [2.05, 4.69) is 0 Å². The molecular formula is C19H19ClF3N. The smallest absolute Gasteiger partial charge is 0.326 e. The molecule has 0 heterocycles. The summed E-state index contributed by atoms with van der Waals surface area (Å²) in [7, 11) is 0. The van der Waals surface area contributed by atoms with Crippen molar-refractivity contribution >= 4 is 17.7 Å². The Morgan fingerprint density at radius 3 is 2.38 bits per heavy atom. The maximum Gasteiger partial charge on any atom is 0.399 e. The zero-order valence-electron chi connectivity index (χ0n) is 13.5. The van der Waals surface area contributed by atoms with Gasteiger partial charge in [-0.05, 0) is 53.8 Å². The van der Waals surface area contributed by atoms with Gasteiger partial charge in [-0.3, -0.25) is 0 Å². The molecule has 0 amide bonds. The van der Waals surface area contributed by atoms with Gasteiger partial charge in [0.15, 0.2) is 0 Å². The lowest BCUT2D eigenvalue weighted by atomic mass is 9.95. The molecule has 0 spiro atoms. The van der Waals surface area contributed by atoms with Crippen LogP contribution in [0.15, 0.2) is 42.5 Å². The molecule has 0 aliphatic carbocycles. The van der Waals surface area contributed by atoms with Crippen LogP contribution < -0.4 is 5.73 Å². The summed E-state index contributed by atoms with van der Waals surface area (Å²) in [6.07, 6.45) is -1.73. The summed E-state index contributed by atoms with van der Waals surface area (Å²) in [6, 6.07) is 9.94. The number of aryl methyl sites for hydroxylation is 2. The Kier molecular flexibility index (Phi) is 5.73. The molecule has 0 aliphatic heterocycles. The van der Waals surface area contributed by atoms with Crippen molar-refractivity contribution in [1.82, 2.24) is 0 Å². The van der Waals surface area contributed by atoms with Gasteiger partial charge >= 0.3 is 6.18 Å². The van der Waals surface area contributed by atoms with Crippen LogP contribution in [0.2, 0.25) is 5.02 Å². The number of alkyl halides is 3. The molecule has 2 aromatic carbocycles. The van der Waals surface area contributed by atoms with Crippen molar-refractivity contribution in [2.75, 3.05) is 0 Å². The van der Waals surface area contributed by atoms with Crippen LogP contribution in [0.5, 0.6) is 0 Å². The predicted molar refractivity (Wildman–Crippen MR) is 93.1 cm³/mol. The molecule has 0 saturated carbocycles. The highest BCUT2D eigenvalue weighted by atomic mass is 35.5. The molecule has 128 valence electrons. The van der Waals surface area contributed by atoms with E-state index in [0.717, 1.165) is 11.1 Å². The Bertz CT molecular complexity index is 731. The molecule has 0 saturated heterocycles. The third-order valence-corrected chi connectivity index (χ3v) is 4.06. The quantitative estimate of drug-likeness (QED) is 0.741. The van der Waals surface area contributed by atoms with Gasteiger partial charge in [0.2, 0.25) is 0 Å². The van der Waals surface area contributed by atoms with Crippen LogP contribution >= 0.6 is 11.6 Å². The largest absolute Gasteiger partial charge is 0.399 e. The van der Waals surface area contributed by atoms with Crippen molar-refractivity contribution in [3.8, 4) is 0 Å². The number of hydrogen-bond acceptors (Lipinski definition) is 1. The molecule has 2 rings (SSSR count). The number of rotatable bonds is 4. The monoisotopic (exact) mass is 353 g/mol. The van der Waals surface area contributed by atoms with Crippen LogP contribution in [0, 0.1) is 13.8 Å². The molecule has 0 fully saturated rings. The number of allylic oxidation sites excluding steroid dienone is 1.